The summed E-state index contributed by atoms with van der Waals surface area (Å²) >= 11 is 11.9. The predicted molar refractivity (Wildman–Crippen MR) is 84.5 cm³/mol. The summed E-state index contributed by atoms with van der Waals surface area (Å²) in [7, 11) is 0. The first kappa shape index (κ1) is 15.6. The highest BCUT2D eigenvalue weighted by molar-refractivity contribution is 6.35. The van der Waals surface area contributed by atoms with E-state index in [-0.39, 0.29) is 11.9 Å². The lowest BCUT2D eigenvalue weighted by atomic mass is 9.99. The van der Waals surface area contributed by atoms with Gasteiger partial charge in [0, 0.05) is 22.3 Å². The van der Waals surface area contributed by atoms with Crippen molar-refractivity contribution >= 4 is 34.8 Å². The molecule has 1 aromatic carbocycles. The first-order valence-electron chi connectivity index (χ1n) is 6.96. The average Bonchev–Trinajstić information content (AvgIpc) is 2.36. The zero-order chi connectivity index (χ0) is 14.7. The fourth-order valence-corrected chi connectivity index (χ4v) is 3.14. The number of anilines is 1. The molecule has 0 saturated carbocycles. The number of halogens is 2. The number of carbonyl (C=O) groups excluding carboxylic acids is 1. The third kappa shape index (κ3) is 4.11. The quantitative estimate of drug-likeness (QED) is 0.912. The van der Waals surface area contributed by atoms with E-state index in [2.05, 4.69) is 17.1 Å². The van der Waals surface area contributed by atoms with Crippen molar-refractivity contribution in [2.75, 3.05) is 18.4 Å². The molecule has 2 atom stereocenters. The Kier molecular flexibility index (Phi) is 5.30. The molecule has 0 spiro atoms. The standard InChI is InChI=1S/C15H20Cl2N2O/c1-10-4-3-5-19(9-10)11(2)15(20)18-14-7-12(16)6-13(17)8-14/h6-8,10-11H,3-5,9H2,1-2H3,(H,18,20). The maximum atomic E-state index is 12.3. The van der Waals surface area contributed by atoms with E-state index in [0.717, 1.165) is 19.5 Å². The highest BCUT2D eigenvalue weighted by atomic mass is 35.5. The van der Waals surface area contributed by atoms with Gasteiger partial charge in [0.05, 0.1) is 6.04 Å². The van der Waals surface area contributed by atoms with Gasteiger partial charge in [0.2, 0.25) is 5.91 Å². The van der Waals surface area contributed by atoms with Crippen molar-refractivity contribution in [2.24, 2.45) is 5.92 Å². The number of hydrogen-bond acceptors (Lipinski definition) is 2. The van der Waals surface area contributed by atoms with E-state index in [1.807, 2.05) is 6.92 Å². The van der Waals surface area contributed by atoms with E-state index >= 15 is 0 Å². The molecule has 5 heteroatoms. The fourth-order valence-electron chi connectivity index (χ4n) is 2.62. The van der Waals surface area contributed by atoms with Crippen LogP contribution in [-0.2, 0) is 4.79 Å². The van der Waals surface area contributed by atoms with Crippen molar-refractivity contribution in [3.63, 3.8) is 0 Å². The number of carbonyl (C=O) groups is 1. The lowest BCUT2D eigenvalue weighted by Gasteiger charge is -2.34. The maximum Gasteiger partial charge on any atom is 0.241 e. The molecule has 20 heavy (non-hydrogen) atoms. The molecular weight excluding hydrogens is 295 g/mol. The number of nitrogens with zero attached hydrogens (tertiary/aromatic N) is 1. The van der Waals surface area contributed by atoms with Gasteiger partial charge in [-0.2, -0.15) is 0 Å². The molecule has 3 nitrogen and oxygen atoms in total. The van der Waals surface area contributed by atoms with Crippen LogP contribution in [0, 0.1) is 5.92 Å². The summed E-state index contributed by atoms with van der Waals surface area (Å²) in [5.74, 6) is 0.636. The summed E-state index contributed by atoms with van der Waals surface area (Å²) in [5.41, 5.74) is 0.643. The molecule has 110 valence electrons. The Morgan fingerprint density at radius 1 is 1.35 bits per heavy atom. The molecule has 2 rings (SSSR count). The molecule has 0 radical (unpaired) electrons. The minimum atomic E-state index is -0.143. The highest BCUT2D eigenvalue weighted by Gasteiger charge is 2.25. The average molecular weight is 315 g/mol. The molecule has 1 aliphatic rings. The molecule has 0 aromatic heterocycles. The molecule has 1 aliphatic heterocycles. The summed E-state index contributed by atoms with van der Waals surface area (Å²) in [6.07, 6.45) is 2.40. The van der Waals surface area contributed by atoms with E-state index < -0.39 is 0 Å². The van der Waals surface area contributed by atoms with E-state index in [4.69, 9.17) is 23.2 Å². The van der Waals surface area contributed by atoms with Crippen molar-refractivity contribution in [3.05, 3.63) is 28.2 Å². The smallest absolute Gasteiger partial charge is 0.241 e. The van der Waals surface area contributed by atoms with Crippen LogP contribution in [0.1, 0.15) is 26.7 Å². The van der Waals surface area contributed by atoms with Crippen molar-refractivity contribution in [2.45, 2.75) is 32.7 Å². The van der Waals surface area contributed by atoms with Gasteiger partial charge in [0.15, 0.2) is 0 Å². The third-order valence-corrected chi connectivity index (χ3v) is 4.18. The van der Waals surface area contributed by atoms with Crippen LogP contribution < -0.4 is 5.32 Å². The maximum absolute atomic E-state index is 12.3. The SMILES string of the molecule is CC1CCCN(C(C)C(=O)Nc2cc(Cl)cc(Cl)c2)C1. The fraction of sp³-hybridized carbons (Fsp3) is 0.533. The van der Waals surface area contributed by atoms with E-state index in [1.54, 1.807) is 18.2 Å². The zero-order valence-electron chi connectivity index (χ0n) is 11.8. The molecule has 2 unspecified atom stereocenters. The minimum Gasteiger partial charge on any atom is -0.325 e. The van der Waals surface area contributed by atoms with Crippen LogP contribution in [0.2, 0.25) is 10.0 Å². The Morgan fingerprint density at radius 3 is 2.60 bits per heavy atom. The van der Waals surface area contributed by atoms with Gasteiger partial charge in [0.25, 0.3) is 0 Å². The largest absolute Gasteiger partial charge is 0.325 e. The summed E-state index contributed by atoms with van der Waals surface area (Å²) in [5, 5.41) is 3.93. The second-order valence-electron chi connectivity index (χ2n) is 5.57. The minimum absolute atomic E-state index is 0.0163. The lowest BCUT2D eigenvalue weighted by Crippen LogP contribution is -2.46. The summed E-state index contributed by atoms with van der Waals surface area (Å²) in [6.45, 7) is 6.13. The number of rotatable bonds is 3. The van der Waals surface area contributed by atoms with Gasteiger partial charge in [-0.3, -0.25) is 9.69 Å². The summed E-state index contributed by atoms with van der Waals surface area (Å²) in [4.78, 5) is 14.5. The molecular formula is C15H20Cl2N2O. The number of likely N-dealkylation sites (tertiary alicyclic amines) is 1. The van der Waals surface area contributed by atoms with Gasteiger partial charge in [-0.1, -0.05) is 30.1 Å². The molecule has 1 fully saturated rings. The van der Waals surface area contributed by atoms with Crippen LogP contribution in [0.4, 0.5) is 5.69 Å². The van der Waals surface area contributed by atoms with E-state index in [1.165, 1.54) is 6.42 Å². The number of nitrogens with one attached hydrogen (secondary N) is 1. The molecule has 0 bridgehead atoms. The van der Waals surface area contributed by atoms with Crippen LogP contribution in [0.15, 0.2) is 18.2 Å². The molecule has 1 N–H and O–H groups in total. The zero-order valence-corrected chi connectivity index (χ0v) is 13.3. The van der Waals surface area contributed by atoms with Crippen molar-refractivity contribution in [1.82, 2.24) is 4.90 Å². The Labute approximate surface area is 130 Å². The Hall–Kier alpha value is -0.770. The first-order valence-corrected chi connectivity index (χ1v) is 7.72. The van der Waals surface area contributed by atoms with Crippen LogP contribution in [0.25, 0.3) is 0 Å². The predicted octanol–water partition coefficient (Wildman–Crippen LogP) is 4.05. The number of amides is 1. The van der Waals surface area contributed by atoms with Gasteiger partial charge in [-0.15, -0.1) is 0 Å². The van der Waals surface area contributed by atoms with Crippen molar-refractivity contribution < 1.29 is 4.79 Å². The van der Waals surface area contributed by atoms with Crippen LogP contribution >= 0.6 is 23.2 Å². The van der Waals surface area contributed by atoms with E-state index in [0.29, 0.717) is 21.7 Å². The van der Waals surface area contributed by atoms with Crippen LogP contribution in [-0.4, -0.2) is 29.9 Å². The second-order valence-corrected chi connectivity index (χ2v) is 6.44. The normalized spacial score (nSPS) is 21.5. The summed E-state index contributed by atoms with van der Waals surface area (Å²) in [6, 6.07) is 4.91. The number of hydrogen-bond donors (Lipinski definition) is 1. The van der Waals surface area contributed by atoms with Gasteiger partial charge in [0.1, 0.15) is 0 Å². The Bertz CT molecular complexity index is 473. The lowest BCUT2D eigenvalue weighted by molar-refractivity contribution is -0.121. The number of piperidine rings is 1. The van der Waals surface area contributed by atoms with Gasteiger partial charge < -0.3 is 5.32 Å². The Balaban J connectivity index is 2.00. The molecule has 1 aromatic rings. The highest BCUT2D eigenvalue weighted by Crippen LogP contribution is 2.23. The topological polar surface area (TPSA) is 32.3 Å². The van der Waals surface area contributed by atoms with Gasteiger partial charge in [-0.05, 0) is 50.4 Å². The second kappa shape index (κ2) is 6.79. The molecule has 1 saturated heterocycles. The van der Waals surface area contributed by atoms with E-state index in [9.17, 15) is 4.79 Å². The number of benzene rings is 1. The van der Waals surface area contributed by atoms with Crippen molar-refractivity contribution in [3.8, 4) is 0 Å². The monoisotopic (exact) mass is 314 g/mol. The molecule has 1 heterocycles. The molecule has 1 amide bonds. The van der Waals surface area contributed by atoms with Gasteiger partial charge in [-0.25, -0.2) is 0 Å². The van der Waals surface area contributed by atoms with Crippen LogP contribution in [0.5, 0.6) is 0 Å². The first-order chi connectivity index (χ1) is 9.45. The van der Waals surface area contributed by atoms with Crippen molar-refractivity contribution in [1.29, 1.82) is 0 Å². The molecule has 0 aliphatic carbocycles. The third-order valence-electron chi connectivity index (χ3n) is 3.75. The summed E-state index contributed by atoms with van der Waals surface area (Å²) < 4.78 is 0. The van der Waals surface area contributed by atoms with Crippen LogP contribution in [0.3, 0.4) is 0 Å². The van der Waals surface area contributed by atoms with Gasteiger partial charge >= 0.3 is 0 Å². The Morgan fingerprint density at radius 2 is 2.00 bits per heavy atom.